The molecule has 0 spiro atoms. The Bertz CT molecular complexity index is 668. The van der Waals surface area contributed by atoms with E-state index in [2.05, 4.69) is 21.5 Å². The van der Waals surface area contributed by atoms with Gasteiger partial charge in [0.25, 0.3) is 11.8 Å². The molecule has 1 saturated heterocycles. The van der Waals surface area contributed by atoms with Gasteiger partial charge < -0.3 is 15.4 Å². The van der Waals surface area contributed by atoms with Crippen LogP contribution < -0.4 is 21.5 Å². The molecular weight excluding hydrogens is 348 g/mol. The molecule has 8 heteroatoms. The van der Waals surface area contributed by atoms with Gasteiger partial charge in [-0.3, -0.25) is 20.4 Å². The Morgan fingerprint density at radius 3 is 2.44 bits per heavy atom. The number of rotatable bonds is 5. The van der Waals surface area contributed by atoms with Gasteiger partial charge in [0.05, 0.1) is 0 Å². The Labute approximate surface area is 158 Å². The summed E-state index contributed by atoms with van der Waals surface area (Å²) in [5, 5.41) is 5.59. The molecule has 146 valence electrons. The van der Waals surface area contributed by atoms with Crippen LogP contribution in [0.15, 0.2) is 30.3 Å². The molecule has 1 aromatic rings. The van der Waals surface area contributed by atoms with Crippen LogP contribution in [-0.4, -0.2) is 36.1 Å². The minimum absolute atomic E-state index is 0.359. The van der Waals surface area contributed by atoms with Crippen LogP contribution in [0.25, 0.3) is 0 Å². The number of hydrazine groups is 1. The van der Waals surface area contributed by atoms with Crippen LogP contribution >= 0.6 is 0 Å². The summed E-state index contributed by atoms with van der Waals surface area (Å²) in [6, 6.07) is 9.14. The number of hydrogen-bond acceptors (Lipinski definition) is 4. The Kier molecular flexibility index (Phi) is 6.28. The van der Waals surface area contributed by atoms with Crippen molar-refractivity contribution in [1.82, 2.24) is 21.5 Å². The molecule has 1 saturated carbocycles. The average Bonchev–Trinajstić information content (AvgIpc) is 3.38. The molecule has 8 nitrogen and oxygen atoms in total. The van der Waals surface area contributed by atoms with E-state index in [-0.39, 0.29) is 5.91 Å². The minimum Gasteiger partial charge on any atom is -0.368 e. The molecule has 1 heterocycles. The van der Waals surface area contributed by atoms with Gasteiger partial charge in [0.2, 0.25) is 0 Å². The van der Waals surface area contributed by atoms with Crippen molar-refractivity contribution in [1.29, 1.82) is 0 Å². The second kappa shape index (κ2) is 8.85. The van der Waals surface area contributed by atoms with E-state index in [4.69, 9.17) is 4.74 Å². The number of carbonyl (C=O) groups is 3. The lowest BCUT2D eigenvalue weighted by molar-refractivity contribution is -0.136. The molecule has 1 aromatic carbocycles. The van der Waals surface area contributed by atoms with Crippen LogP contribution in [-0.2, 0) is 20.9 Å². The summed E-state index contributed by atoms with van der Waals surface area (Å²) in [7, 11) is 0. The van der Waals surface area contributed by atoms with Crippen molar-refractivity contribution < 1.29 is 19.1 Å². The van der Waals surface area contributed by atoms with Crippen molar-refractivity contribution >= 4 is 17.8 Å². The normalized spacial score (nSPS) is 20.7. The smallest absolute Gasteiger partial charge is 0.315 e. The first-order valence-corrected chi connectivity index (χ1v) is 9.41. The summed E-state index contributed by atoms with van der Waals surface area (Å²) in [6.45, 7) is 0.930. The fourth-order valence-electron chi connectivity index (χ4n) is 3.53. The summed E-state index contributed by atoms with van der Waals surface area (Å²) in [5.74, 6) is -0.760. The quantitative estimate of drug-likeness (QED) is 0.579. The van der Waals surface area contributed by atoms with Gasteiger partial charge >= 0.3 is 6.03 Å². The van der Waals surface area contributed by atoms with Gasteiger partial charge in [-0.25, -0.2) is 4.79 Å². The highest BCUT2D eigenvalue weighted by atomic mass is 16.5. The minimum atomic E-state index is -1.01. The SMILES string of the molecule is O=C(NCc1ccccc1)NC1(C(=O)NNC(=O)[C@H]2CCCO2)CCCC1. The summed E-state index contributed by atoms with van der Waals surface area (Å²) >= 11 is 0. The van der Waals surface area contributed by atoms with E-state index in [1.165, 1.54) is 0 Å². The monoisotopic (exact) mass is 374 g/mol. The second-order valence-corrected chi connectivity index (χ2v) is 7.03. The maximum absolute atomic E-state index is 12.7. The first-order chi connectivity index (χ1) is 13.1. The number of nitrogens with one attached hydrogen (secondary N) is 4. The average molecular weight is 374 g/mol. The first kappa shape index (κ1) is 19.2. The van der Waals surface area contributed by atoms with Crippen LogP contribution in [0, 0.1) is 0 Å². The Morgan fingerprint density at radius 1 is 1.04 bits per heavy atom. The van der Waals surface area contributed by atoms with Crippen molar-refractivity contribution in [2.75, 3.05) is 6.61 Å². The number of carbonyl (C=O) groups excluding carboxylic acids is 3. The summed E-state index contributed by atoms with van der Waals surface area (Å²) in [6.07, 6.45) is 3.71. The number of urea groups is 1. The second-order valence-electron chi connectivity index (χ2n) is 7.03. The molecule has 2 fully saturated rings. The predicted molar refractivity (Wildman–Crippen MR) is 98.3 cm³/mol. The Balaban J connectivity index is 1.51. The summed E-state index contributed by atoms with van der Waals surface area (Å²) < 4.78 is 5.29. The molecule has 1 aliphatic heterocycles. The predicted octanol–water partition coefficient (Wildman–Crippen LogP) is 1.12. The van der Waals surface area contributed by atoms with E-state index in [9.17, 15) is 14.4 Å². The van der Waals surface area contributed by atoms with Gasteiger partial charge in [0.1, 0.15) is 11.6 Å². The highest BCUT2D eigenvalue weighted by molar-refractivity contribution is 5.93. The largest absolute Gasteiger partial charge is 0.368 e. The van der Waals surface area contributed by atoms with Crippen molar-refractivity contribution in [3.8, 4) is 0 Å². The summed E-state index contributed by atoms with van der Waals surface area (Å²) in [4.78, 5) is 37.0. The van der Waals surface area contributed by atoms with Gasteiger partial charge in [0.15, 0.2) is 0 Å². The number of benzene rings is 1. The van der Waals surface area contributed by atoms with E-state index in [1.807, 2.05) is 30.3 Å². The maximum Gasteiger partial charge on any atom is 0.315 e. The standard InChI is InChI=1S/C19H26N4O4/c24-16(15-9-6-12-27-15)22-23-17(25)19(10-4-5-11-19)21-18(26)20-13-14-7-2-1-3-8-14/h1-3,7-8,15H,4-6,9-13H2,(H,22,24)(H,23,25)(H2,20,21,26)/t15-/m1/s1. The highest BCUT2D eigenvalue weighted by Crippen LogP contribution is 2.29. The lowest BCUT2D eigenvalue weighted by Crippen LogP contribution is -2.62. The van der Waals surface area contributed by atoms with E-state index in [0.717, 1.165) is 24.8 Å². The van der Waals surface area contributed by atoms with Crippen molar-refractivity contribution in [3.63, 3.8) is 0 Å². The molecule has 1 aliphatic carbocycles. The molecule has 27 heavy (non-hydrogen) atoms. The van der Waals surface area contributed by atoms with Crippen LogP contribution in [0.5, 0.6) is 0 Å². The number of amides is 4. The fraction of sp³-hybridized carbons (Fsp3) is 0.526. The third-order valence-corrected chi connectivity index (χ3v) is 5.06. The Morgan fingerprint density at radius 2 is 1.78 bits per heavy atom. The lowest BCUT2D eigenvalue weighted by Gasteiger charge is -2.29. The number of ether oxygens (including phenoxy) is 1. The van der Waals surface area contributed by atoms with E-state index >= 15 is 0 Å². The van der Waals surface area contributed by atoms with Crippen LogP contribution in [0.1, 0.15) is 44.1 Å². The molecule has 4 N–H and O–H groups in total. The first-order valence-electron chi connectivity index (χ1n) is 9.41. The van der Waals surface area contributed by atoms with E-state index < -0.39 is 23.6 Å². The Hall–Kier alpha value is -2.61. The fourth-order valence-corrected chi connectivity index (χ4v) is 3.53. The van der Waals surface area contributed by atoms with Gasteiger partial charge in [0, 0.05) is 13.2 Å². The molecule has 0 bridgehead atoms. The van der Waals surface area contributed by atoms with Crippen molar-refractivity contribution in [2.45, 2.75) is 56.7 Å². The van der Waals surface area contributed by atoms with Crippen molar-refractivity contribution in [2.24, 2.45) is 0 Å². The molecule has 0 aromatic heterocycles. The van der Waals surface area contributed by atoms with Gasteiger partial charge in [-0.05, 0) is 31.2 Å². The van der Waals surface area contributed by atoms with Gasteiger partial charge in [-0.2, -0.15) is 0 Å². The molecule has 0 radical (unpaired) electrons. The topological polar surface area (TPSA) is 109 Å². The maximum atomic E-state index is 12.7. The van der Waals surface area contributed by atoms with E-state index in [0.29, 0.717) is 32.4 Å². The third-order valence-electron chi connectivity index (χ3n) is 5.06. The molecule has 0 unspecified atom stereocenters. The zero-order chi connectivity index (χ0) is 19.1. The zero-order valence-corrected chi connectivity index (χ0v) is 15.3. The lowest BCUT2D eigenvalue weighted by atomic mass is 9.97. The summed E-state index contributed by atoms with van der Waals surface area (Å²) in [5.41, 5.74) is 4.85. The van der Waals surface area contributed by atoms with Crippen molar-refractivity contribution in [3.05, 3.63) is 35.9 Å². The molecule has 2 aliphatic rings. The molecule has 3 rings (SSSR count). The molecular formula is C19H26N4O4. The van der Waals surface area contributed by atoms with Crippen LogP contribution in [0.3, 0.4) is 0 Å². The molecule has 4 amide bonds. The number of hydrogen-bond donors (Lipinski definition) is 4. The molecule has 1 atom stereocenters. The van der Waals surface area contributed by atoms with E-state index in [1.54, 1.807) is 0 Å². The van der Waals surface area contributed by atoms with Gasteiger partial charge in [-0.1, -0.05) is 43.2 Å². The highest BCUT2D eigenvalue weighted by Gasteiger charge is 2.43. The van der Waals surface area contributed by atoms with Crippen LogP contribution in [0.4, 0.5) is 4.79 Å². The zero-order valence-electron chi connectivity index (χ0n) is 15.3. The van der Waals surface area contributed by atoms with Gasteiger partial charge in [-0.15, -0.1) is 0 Å². The van der Waals surface area contributed by atoms with Crippen LogP contribution in [0.2, 0.25) is 0 Å². The third kappa shape index (κ3) is 4.97.